The number of pyridine rings is 1. The average molecular weight is 219 g/mol. The van der Waals surface area contributed by atoms with Crippen LogP contribution < -0.4 is 0 Å². The van der Waals surface area contributed by atoms with Crippen LogP contribution in [-0.2, 0) is 4.74 Å². The van der Waals surface area contributed by atoms with Gasteiger partial charge in [0.15, 0.2) is 11.5 Å². The second kappa shape index (κ2) is 3.77. The van der Waals surface area contributed by atoms with E-state index in [2.05, 4.69) is 9.72 Å². The molecule has 82 valence electrons. The van der Waals surface area contributed by atoms with Gasteiger partial charge in [-0.15, -0.1) is 0 Å². The highest BCUT2D eigenvalue weighted by molar-refractivity contribution is 6.09. The second-order valence-corrected chi connectivity index (χ2v) is 3.23. The molecule has 0 saturated carbocycles. The SMILES string of the molecule is COC(=O)c1ncc(C(C)=O)c2occc12. The zero-order valence-electron chi connectivity index (χ0n) is 8.81. The average Bonchev–Trinajstić information content (AvgIpc) is 2.75. The van der Waals surface area contributed by atoms with Crippen LogP contribution >= 0.6 is 0 Å². The van der Waals surface area contributed by atoms with Crippen LogP contribution in [0.25, 0.3) is 11.0 Å². The van der Waals surface area contributed by atoms with E-state index >= 15 is 0 Å². The van der Waals surface area contributed by atoms with Crippen molar-refractivity contribution in [3.63, 3.8) is 0 Å². The first-order valence-corrected chi connectivity index (χ1v) is 4.60. The number of Topliss-reactive ketones (excluding diaryl/α,β-unsaturated/α-hetero) is 1. The molecule has 0 aliphatic carbocycles. The number of aromatic nitrogens is 1. The lowest BCUT2D eigenvalue weighted by Gasteiger charge is -2.01. The van der Waals surface area contributed by atoms with E-state index in [9.17, 15) is 9.59 Å². The van der Waals surface area contributed by atoms with Crippen molar-refractivity contribution in [1.29, 1.82) is 0 Å². The lowest BCUT2D eigenvalue weighted by Crippen LogP contribution is -2.06. The third-order valence-corrected chi connectivity index (χ3v) is 2.25. The van der Waals surface area contributed by atoms with Crippen LogP contribution in [0.2, 0.25) is 0 Å². The Hall–Kier alpha value is -2.17. The first kappa shape index (κ1) is 10.4. The summed E-state index contributed by atoms with van der Waals surface area (Å²) in [4.78, 5) is 26.6. The highest BCUT2D eigenvalue weighted by Crippen LogP contribution is 2.23. The van der Waals surface area contributed by atoms with E-state index in [4.69, 9.17) is 4.42 Å². The summed E-state index contributed by atoms with van der Waals surface area (Å²) in [6.07, 6.45) is 2.73. The Balaban J connectivity index is 2.73. The molecule has 0 aliphatic rings. The van der Waals surface area contributed by atoms with Crippen molar-refractivity contribution in [2.45, 2.75) is 6.92 Å². The monoisotopic (exact) mass is 219 g/mol. The molecule has 0 radical (unpaired) electrons. The van der Waals surface area contributed by atoms with Crippen LogP contribution in [0.1, 0.15) is 27.8 Å². The van der Waals surface area contributed by atoms with Crippen molar-refractivity contribution in [3.05, 3.63) is 29.8 Å². The zero-order valence-corrected chi connectivity index (χ0v) is 8.81. The Morgan fingerprint density at radius 1 is 1.44 bits per heavy atom. The topological polar surface area (TPSA) is 69.4 Å². The van der Waals surface area contributed by atoms with Crippen molar-refractivity contribution in [2.75, 3.05) is 7.11 Å². The fourth-order valence-electron chi connectivity index (χ4n) is 1.47. The second-order valence-electron chi connectivity index (χ2n) is 3.23. The van der Waals surface area contributed by atoms with Crippen LogP contribution in [0.3, 0.4) is 0 Å². The number of nitrogens with zero attached hydrogens (tertiary/aromatic N) is 1. The fraction of sp³-hybridized carbons (Fsp3) is 0.182. The zero-order chi connectivity index (χ0) is 11.7. The summed E-state index contributed by atoms with van der Waals surface area (Å²) in [5.41, 5.74) is 0.867. The molecule has 0 atom stereocenters. The largest absolute Gasteiger partial charge is 0.464 e. The molecule has 0 saturated heterocycles. The van der Waals surface area contributed by atoms with Gasteiger partial charge in [0.1, 0.15) is 5.58 Å². The molecule has 2 aromatic rings. The number of ketones is 1. The predicted molar refractivity (Wildman–Crippen MR) is 55.4 cm³/mol. The highest BCUT2D eigenvalue weighted by atomic mass is 16.5. The van der Waals surface area contributed by atoms with Crippen LogP contribution in [0.15, 0.2) is 22.9 Å². The maximum atomic E-state index is 11.4. The Labute approximate surface area is 91.0 Å². The van der Waals surface area contributed by atoms with E-state index in [1.165, 1.54) is 26.5 Å². The summed E-state index contributed by atoms with van der Waals surface area (Å²) in [7, 11) is 1.27. The van der Waals surface area contributed by atoms with Gasteiger partial charge in [-0.2, -0.15) is 0 Å². The fourth-order valence-corrected chi connectivity index (χ4v) is 1.47. The maximum Gasteiger partial charge on any atom is 0.357 e. The summed E-state index contributed by atoms with van der Waals surface area (Å²) >= 11 is 0. The molecule has 0 unspecified atom stereocenters. The lowest BCUT2D eigenvalue weighted by atomic mass is 10.1. The first-order chi connectivity index (χ1) is 7.65. The molecule has 0 fully saturated rings. The van der Waals surface area contributed by atoms with Crippen LogP contribution in [0.5, 0.6) is 0 Å². The van der Waals surface area contributed by atoms with E-state index in [-0.39, 0.29) is 11.5 Å². The van der Waals surface area contributed by atoms with Gasteiger partial charge in [-0.25, -0.2) is 9.78 Å². The molecule has 0 bridgehead atoms. The van der Waals surface area contributed by atoms with Crippen molar-refractivity contribution >= 4 is 22.7 Å². The minimum absolute atomic E-state index is 0.149. The van der Waals surface area contributed by atoms with Crippen molar-refractivity contribution in [2.24, 2.45) is 0 Å². The number of fused-ring (bicyclic) bond motifs is 1. The van der Waals surface area contributed by atoms with Gasteiger partial charge in [0, 0.05) is 6.20 Å². The van der Waals surface area contributed by atoms with E-state index in [0.29, 0.717) is 16.5 Å². The van der Waals surface area contributed by atoms with Gasteiger partial charge < -0.3 is 9.15 Å². The molecule has 5 heteroatoms. The van der Waals surface area contributed by atoms with E-state index in [1.807, 2.05) is 0 Å². The summed E-state index contributed by atoms with van der Waals surface area (Å²) in [6, 6.07) is 1.58. The van der Waals surface area contributed by atoms with Crippen molar-refractivity contribution < 1.29 is 18.7 Å². The van der Waals surface area contributed by atoms with Gasteiger partial charge in [-0.05, 0) is 13.0 Å². The molecule has 0 spiro atoms. The Morgan fingerprint density at radius 2 is 2.19 bits per heavy atom. The van der Waals surface area contributed by atoms with Gasteiger partial charge in [0.05, 0.1) is 24.3 Å². The standard InChI is InChI=1S/C11H9NO4/c1-6(13)8-5-12-9(11(14)15-2)7-3-4-16-10(7)8/h3-5H,1-2H3. The molecule has 2 aromatic heterocycles. The number of hydrogen-bond donors (Lipinski definition) is 0. The molecule has 0 aromatic carbocycles. The molecule has 0 N–H and O–H groups in total. The quantitative estimate of drug-likeness (QED) is 0.569. The molecular formula is C11H9NO4. The number of methoxy groups -OCH3 is 1. The van der Waals surface area contributed by atoms with E-state index < -0.39 is 5.97 Å². The molecule has 16 heavy (non-hydrogen) atoms. The molecule has 0 aliphatic heterocycles. The predicted octanol–water partition coefficient (Wildman–Crippen LogP) is 1.82. The molecule has 2 rings (SSSR count). The number of hydrogen-bond acceptors (Lipinski definition) is 5. The maximum absolute atomic E-state index is 11.4. The van der Waals surface area contributed by atoms with Gasteiger partial charge in [-0.3, -0.25) is 4.79 Å². The molecule has 5 nitrogen and oxygen atoms in total. The van der Waals surface area contributed by atoms with Crippen LogP contribution in [0, 0.1) is 0 Å². The third-order valence-electron chi connectivity index (χ3n) is 2.25. The van der Waals surface area contributed by atoms with Crippen LogP contribution in [0.4, 0.5) is 0 Å². The molecule has 2 heterocycles. The molecule has 0 amide bonds. The Morgan fingerprint density at radius 3 is 2.81 bits per heavy atom. The minimum atomic E-state index is -0.554. The minimum Gasteiger partial charge on any atom is -0.464 e. The number of esters is 1. The van der Waals surface area contributed by atoms with E-state index in [1.54, 1.807) is 6.07 Å². The highest BCUT2D eigenvalue weighted by Gasteiger charge is 2.18. The number of carbonyl (C=O) groups excluding carboxylic acids is 2. The van der Waals surface area contributed by atoms with Gasteiger partial charge >= 0.3 is 5.97 Å². The first-order valence-electron chi connectivity index (χ1n) is 4.60. The summed E-state index contributed by atoms with van der Waals surface area (Å²) < 4.78 is 9.76. The van der Waals surface area contributed by atoms with Gasteiger partial charge in [0.25, 0.3) is 0 Å². The Kier molecular flexibility index (Phi) is 2.44. The molecular weight excluding hydrogens is 210 g/mol. The number of carbonyl (C=O) groups is 2. The lowest BCUT2D eigenvalue weighted by molar-refractivity contribution is 0.0596. The van der Waals surface area contributed by atoms with Crippen molar-refractivity contribution in [1.82, 2.24) is 4.98 Å². The van der Waals surface area contributed by atoms with Crippen LogP contribution in [-0.4, -0.2) is 23.8 Å². The van der Waals surface area contributed by atoms with E-state index in [0.717, 1.165) is 0 Å². The summed E-state index contributed by atoms with van der Waals surface area (Å²) in [5.74, 6) is -0.717. The van der Waals surface area contributed by atoms with Crippen molar-refractivity contribution in [3.8, 4) is 0 Å². The van der Waals surface area contributed by atoms with Gasteiger partial charge in [-0.1, -0.05) is 0 Å². The Bertz CT molecular complexity index is 570. The van der Waals surface area contributed by atoms with Gasteiger partial charge in [0.2, 0.25) is 0 Å². The number of furan rings is 1. The third kappa shape index (κ3) is 1.46. The summed E-state index contributed by atoms with van der Waals surface area (Å²) in [5, 5.41) is 0.486. The summed E-state index contributed by atoms with van der Waals surface area (Å²) in [6.45, 7) is 1.41. The number of ether oxygens (including phenoxy) is 1. The number of rotatable bonds is 2. The normalized spacial score (nSPS) is 10.4. The smallest absolute Gasteiger partial charge is 0.357 e.